The van der Waals surface area contributed by atoms with Crippen LogP contribution in [0.2, 0.25) is 0 Å². The van der Waals surface area contributed by atoms with E-state index in [2.05, 4.69) is 0 Å². The molecule has 0 spiro atoms. The SMILES string of the molecule is COc1ccc(CN(C)C(=O)COc2ccc(C(C)=O)cc2OC)cc1OC. The van der Waals surface area contributed by atoms with Gasteiger partial charge in [-0.3, -0.25) is 9.59 Å². The third-order valence-electron chi connectivity index (χ3n) is 4.21. The molecule has 0 aliphatic rings. The topological polar surface area (TPSA) is 74.3 Å². The molecular formula is C21H25NO6. The van der Waals surface area contributed by atoms with Crippen LogP contribution in [0.3, 0.4) is 0 Å². The molecule has 1 amide bonds. The Bertz CT molecular complexity index is 849. The Morgan fingerprint density at radius 3 is 2.07 bits per heavy atom. The molecule has 2 aromatic rings. The van der Waals surface area contributed by atoms with E-state index in [1.807, 2.05) is 12.1 Å². The van der Waals surface area contributed by atoms with Crippen molar-refractivity contribution in [2.45, 2.75) is 13.5 Å². The number of carbonyl (C=O) groups excluding carboxylic acids is 2. The Labute approximate surface area is 164 Å². The summed E-state index contributed by atoms with van der Waals surface area (Å²) in [5.41, 5.74) is 1.41. The number of nitrogens with zero attached hydrogens (tertiary/aromatic N) is 1. The van der Waals surface area contributed by atoms with Crippen LogP contribution in [0.5, 0.6) is 23.0 Å². The van der Waals surface area contributed by atoms with Crippen LogP contribution in [0.1, 0.15) is 22.8 Å². The van der Waals surface area contributed by atoms with E-state index >= 15 is 0 Å². The zero-order valence-corrected chi connectivity index (χ0v) is 16.8. The first kappa shape index (κ1) is 21.1. The summed E-state index contributed by atoms with van der Waals surface area (Å²) in [5.74, 6) is 1.77. The maximum atomic E-state index is 12.4. The first-order valence-corrected chi connectivity index (χ1v) is 8.66. The number of carbonyl (C=O) groups is 2. The van der Waals surface area contributed by atoms with Crippen LogP contribution in [0.25, 0.3) is 0 Å². The standard InChI is InChI=1S/C21H25NO6/c1-14(23)16-7-9-18(20(11-16)27-5)28-13-21(24)22(2)12-15-6-8-17(25-3)19(10-15)26-4/h6-11H,12-13H2,1-5H3. The zero-order valence-electron chi connectivity index (χ0n) is 16.8. The Hall–Kier alpha value is -3.22. The van der Waals surface area contributed by atoms with Crippen molar-refractivity contribution in [3.63, 3.8) is 0 Å². The highest BCUT2D eigenvalue weighted by molar-refractivity contribution is 5.94. The van der Waals surface area contributed by atoms with Crippen molar-refractivity contribution in [1.29, 1.82) is 0 Å². The van der Waals surface area contributed by atoms with E-state index < -0.39 is 0 Å². The van der Waals surface area contributed by atoms with E-state index in [4.69, 9.17) is 18.9 Å². The van der Waals surface area contributed by atoms with Gasteiger partial charge in [-0.1, -0.05) is 6.07 Å². The van der Waals surface area contributed by atoms with Crippen LogP contribution in [-0.2, 0) is 11.3 Å². The summed E-state index contributed by atoms with van der Waals surface area (Å²) >= 11 is 0. The summed E-state index contributed by atoms with van der Waals surface area (Å²) in [7, 11) is 6.31. The molecule has 0 aliphatic carbocycles. The second-order valence-corrected chi connectivity index (χ2v) is 6.15. The predicted octanol–water partition coefficient (Wildman–Crippen LogP) is 2.95. The van der Waals surface area contributed by atoms with Gasteiger partial charge in [0.05, 0.1) is 21.3 Å². The molecule has 28 heavy (non-hydrogen) atoms. The number of Topliss-reactive ketones (excluding diaryl/α,β-unsaturated/α-hetero) is 1. The molecule has 2 rings (SSSR count). The maximum Gasteiger partial charge on any atom is 0.260 e. The summed E-state index contributed by atoms with van der Waals surface area (Å²) in [5, 5.41) is 0. The second kappa shape index (κ2) is 9.64. The van der Waals surface area contributed by atoms with Crippen molar-refractivity contribution in [2.75, 3.05) is 35.0 Å². The summed E-state index contributed by atoms with van der Waals surface area (Å²) < 4.78 is 21.3. The number of ketones is 1. The predicted molar refractivity (Wildman–Crippen MR) is 105 cm³/mol. The van der Waals surface area contributed by atoms with Gasteiger partial charge in [0.15, 0.2) is 35.4 Å². The molecule has 150 valence electrons. The van der Waals surface area contributed by atoms with Gasteiger partial charge >= 0.3 is 0 Å². The summed E-state index contributed by atoms with van der Waals surface area (Å²) in [6.45, 7) is 1.71. The van der Waals surface area contributed by atoms with Crippen LogP contribution in [0.15, 0.2) is 36.4 Å². The lowest BCUT2D eigenvalue weighted by atomic mass is 10.1. The van der Waals surface area contributed by atoms with Gasteiger partial charge in [0.25, 0.3) is 5.91 Å². The Kier molecular flexibility index (Phi) is 7.26. The van der Waals surface area contributed by atoms with Gasteiger partial charge < -0.3 is 23.8 Å². The first-order valence-electron chi connectivity index (χ1n) is 8.66. The lowest BCUT2D eigenvalue weighted by molar-refractivity contribution is -0.132. The minimum Gasteiger partial charge on any atom is -0.493 e. The molecule has 0 aliphatic heterocycles. The molecule has 0 unspecified atom stereocenters. The van der Waals surface area contributed by atoms with E-state index in [1.54, 1.807) is 50.4 Å². The third kappa shape index (κ3) is 5.16. The fourth-order valence-electron chi connectivity index (χ4n) is 2.60. The number of ether oxygens (including phenoxy) is 4. The Morgan fingerprint density at radius 1 is 0.857 bits per heavy atom. The summed E-state index contributed by atoms with van der Waals surface area (Å²) in [4.78, 5) is 25.4. The second-order valence-electron chi connectivity index (χ2n) is 6.15. The van der Waals surface area contributed by atoms with Gasteiger partial charge in [-0.05, 0) is 42.8 Å². The molecule has 0 radical (unpaired) electrons. The van der Waals surface area contributed by atoms with Crippen molar-refractivity contribution >= 4 is 11.7 Å². The van der Waals surface area contributed by atoms with E-state index in [9.17, 15) is 9.59 Å². The van der Waals surface area contributed by atoms with E-state index in [1.165, 1.54) is 14.0 Å². The normalized spacial score (nSPS) is 10.2. The van der Waals surface area contributed by atoms with Gasteiger partial charge in [0, 0.05) is 19.2 Å². The summed E-state index contributed by atoms with van der Waals surface area (Å²) in [6.07, 6.45) is 0. The quantitative estimate of drug-likeness (QED) is 0.616. The number of hydrogen-bond donors (Lipinski definition) is 0. The number of rotatable bonds is 9. The smallest absolute Gasteiger partial charge is 0.260 e. The van der Waals surface area contributed by atoms with E-state index in [0.29, 0.717) is 35.1 Å². The lowest BCUT2D eigenvalue weighted by Crippen LogP contribution is -2.31. The van der Waals surface area contributed by atoms with E-state index in [0.717, 1.165) is 5.56 Å². The molecule has 0 heterocycles. The fourth-order valence-corrected chi connectivity index (χ4v) is 2.60. The number of methoxy groups -OCH3 is 3. The highest BCUT2D eigenvalue weighted by Crippen LogP contribution is 2.29. The van der Waals surface area contributed by atoms with Crippen LogP contribution in [0.4, 0.5) is 0 Å². The molecule has 0 saturated heterocycles. The van der Waals surface area contributed by atoms with Crippen molar-refractivity contribution in [3.8, 4) is 23.0 Å². The monoisotopic (exact) mass is 387 g/mol. The van der Waals surface area contributed by atoms with Crippen LogP contribution in [-0.4, -0.2) is 51.6 Å². The minimum absolute atomic E-state index is 0.0735. The Balaban J connectivity index is 2.00. The molecule has 0 saturated carbocycles. The highest BCUT2D eigenvalue weighted by atomic mass is 16.5. The molecule has 0 atom stereocenters. The molecule has 7 heteroatoms. The molecule has 7 nitrogen and oxygen atoms in total. The maximum absolute atomic E-state index is 12.4. The fraction of sp³-hybridized carbons (Fsp3) is 0.333. The van der Waals surface area contributed by atoms with Crippen molar-refractivity contribution in [2.24, 2.45) is 0 Å². The number of benzene rings is 2. The van der Waals surface area contributed by atoms with Gasteiger partial charge in [-0.15, -0.1) is 0 Å². The molecule has 0 fully saturated rings. The first-order chi connectivity index (χ1) is 13.4. The van der Waals surface area contributed by atoms with Crippen LogP contribution in [0, 0.1) is 0 Å². The molecule has 0 N–H and O–H groups in total. The third-order valence-corrected chi connectivity index (χ3v) is 4.21. The molecule has 0 aromatic heterocycles. The molecule has 2 aromatic carbocycles. The Morgan fingerprint density at radius 2 is 1.46 bits per heavy atom. The largest absolute Gasteiger partial charge is 0.493 e. The van der Waals surface area contributed by atoms with Gasteiger partial charge in [-0.2, -0.15) is 0 Å². The van der Waals surface area contributed by atoms with Gasteiger partial charge in [0.1, 0.15) is 0 Å². The van der Waals surface area contributed by atoms with Gasteiger partial charge in [0.2, 0.25) is 0 Å². The van der Waals surface area contributed by atoms with Crippen LogP contribution < -0.4 is 18.9 Å². The minimum atomic E-state index is -0.201. The number of amides is 1. The van der Waals surface area contributed by atoms with Gasteiger partial charge in [-0.25, -0.2) is 0 Å². The number of hydrogen-bond acceptors (Lipinski definition) is 6. The van der Waals surface area contributed by atoms with Crippen molar-refractivity contribution in [3.05, 3.63) is 47.5 Å². The van der Waals surface area contributed by atoms with E-state index in [-0.39, 0.29) is 18.3 Å². The average molecular weight is 387 g/mol. The zero-order chi connectivity index (χ0) is 20.7. The summed E-state index contributed by atoms with van der Waals surface area (Å²) in [6, 6.07) is 10.3. The van der Waals surface area contributed by atoms with Crippen molar-refractivity contribution < 1.29 is 28.5 Å². The van der Waals surface area contributed by atoms with Crippen LogP contribution >= 0.6 is 0 Å². The highest BCUT2D eigenvalue weighted by Gasteiger charge is 2.14. The number of likely N-dealkylation sites (N-methyl/N-ethyl adjacent to an activating group) is 1. The molecular weight excluding hydrogens is 362 g/mol. The molecule has 0 bridgehead atoms. The van der Waals surface area contributed by atoms with Crippen molar-refractivity contribution in [1.82, 2.24) is 4.90 Å². The average Bonchev–Trinajstić information content (AvgIpc) is 2.71. The lowest BCUT2D eigenvalue weighted by Gasteiger charge is -2.19.